The van der Waals surface area contributed by atoms with Crippen LogP contribution < -0.4 is 5.32 Å². The van der Waals surface area contributed by atoms with Crippen molar-refractivity contribution in [2.75, 3.05) is 6.54 Å². The quantitative estimate of drug-likeness (QED) is 0.845. The summed E-state index contributed by atoms with van der Waals surface area (Å²) in [7, 11) is 0. The van der Waals surface area contributed by atoms with Crippen LogP contribution in [0.3, 0.4) is 0 Å². The number of hydrogen-bond donors (Lipinski definition) is 1. The van der Waals surface area contributed by atoms with Gasteiger partial charge in [-0.15, -0.1) is 0 Å². The summed E-state index contributed by atoms with van der Waals surface area (Å²) in [6, 6.07) is 6.88. The summed E-state index contributed by atoms with van der Waals surface area (Å²) in [6.07, 6.45) is 9.30. The molecule has 0 radical (unpaired) electrons. The summed E-state index contributed by atoms with van der Waals surface area (Å²) >= 11 is 0. The maximum Gasteiger partial charge on any atom is 0.136 e. The Morgan fingerprint density at radius 3 is 3.06 bits per heavy atom. The molecule has 0 amide bonds. The molecule has 16 heavy (non-hydrogen) atoms. The number of hydrogen-bond acceptors (Lipinski definition) is 2. The standard InChI is InChI=1S/C13H17N3/c1-2-9-16-10-12(15-13(16)6-1)7-8-14-11-4-3-5-11/h1-2,6,9-11,14H,3-5,7-8H2. The molecule has 3 rings (SSSR count). The molecule has 1 fully saturated rings. The Balaban J connectivity index is 1.60. The summed E-state index contributed by atoms with van der Waals surface area (Å²) < 4.78 is 2.08. The fourth-order valence-corrected chi connectivity index (χ4v) is 2.12. The first-order valence-corrected chi connectivity index (χ1v) is 6.08. The van der Waals surface area contributed by atoms with Crippen molar-refractivity contribution >= 4 is 5.65 Å². The van der Waals surface area contributed by atoms with Crippen LogP contribution in [0.2, 0.25) is 0 Å². The maximum absolute atomic E-state index is 4.58. The first kappa shape index (κ1) is 9.85. The lowest BCUT2D eigenvalue weighted by Crippen LogP contribution is -2.36. The van der Waals surface area contributed by atoms with Crippen molar-refractivity contribution < 1.29 is 0 Å². The predicted octanol–water partition coefficient (Wildman–Crippen LogP) is 2.02. The predicted molar refractivity (Wildman–Crippen MR) is 64.5 cm³/mol. The lowest BCUT2D eigenvalue weighted by atomic mass is 9.93. The smallest absolute Gasteiger partial charge is 0.136 e. The fourth-order valence-electron chi connectivity index (χ4n) is 2.12. The van der Waals surface area contributed by atoms with E-state index in [4.69, 9.17) is 0 Å². The van der Waals surface area contributed by atoms with Crippen molar-refractivity contribution in [2.45, 2.75) is 31.7 Å². The van der Waals surface area contributed by atoms with E-state index in [1.165, 1.54) is 25.0 Å². The molecule has 3 nitrogen and oxygen atoms in total. The minimum absolute atomic E-state index is 0.775. The molecule has 0 atom stereocenters. The van der Waals surface area contributed by atoms with E-state index in [1.807, 2.05) is 24.4 Å². The Bertz CT molecular complexity index is 438. The van der Waals surface area contributed by atoms with Crippen LogP contribution in [-0.2, 0) is 6.42 Å². The number of pyridine rings is 1. The molecule has 2 heterocycles. The van der Waals surface area contributed by atoms with Gasteiger partial charge in [0.1, 0.15) is 5.65 Å². The van der Waals surface area contributed by atoms with E-state index in [-0.39, 0.29) is 0 Å². The Morgan fingerprint density at radius 1 is 1.38 bits per heavy atom. The van der Waals surface area contributed by atoms with Gasteiger partial charge in [0.2, 0.25) is 0 Å². The van der Waals surface area contributed by atoms with Crippen LogP contribution in [0.5, 0.6) is 0 Å². The molecule has 0 saturated heterocycles. The molecule has 0 spiro atoms. The third-order valence-corrected chi connectivity index (χ3v) is 3.33. The van der Waals surface area contributed by atoms with E-state index in [2.05, 4.69) is 20.9 Å². The van der Waals surface area contributed by atoms with Gasteiger partial charge in [-0.2, -0.15) is 0 Å². The maximum atomic E-state index is 4.58. The second-order valence-electron chi connectivity index (χ2n) is 4.53. The number of nitrogens with zero attached hydrogens (tertiary/aromatic N) is 2. The van der Waals surface area contributed by atoms with Gasteiger partial charge in [0.25, 0.3) is 0 Å². The number of fused-ring (bicyclic) bond motifs is 1. The molecule has 2 aromatic heterocycles. The van der Waals surface area contributed by atoms with Crippen LogP contribution in [0, 0.1) is 0 Å². The molecule has 1 saturated carbocycles. The van der Waals surface area contributed by atoms with Gasteiger partial charge in [-0.1, -0.05) is 12.5 Å². The zero-order chi connectivity index (χ0) is 10.8. The van der Waals surface area contributed by atoms with Gasteiger partial charge in [0.15, 0.2) is 0 Å². The van der Waals surface area contributed by atoms with Gasteiger partial charge in [-0.25, -0.2) is 4.98 Å². The van der Waals surface area contributed by atoms with Crippen molar-refractivity contribution in [1.82, 2.24) is 14.7 Å². The number of aromatic nitrogens is 2. The lowest BCUT2D eigenvalue weighted by Gasteiger charge is -2.26. The second kappa shape index (κ2) is 4.26. The summed E-state index contributed by atoms with van der Waals surface area (Å²) in [5, 5.41) is 3.56. The molecule has 1 N–H and O–H groups in total. The highest BCUT2D eigenvalue weighted by Crippen LogP contribution is 2.17. The van der Waals surface area contributed by atoms with E-state index in [0.29, 0.717) is 0 Å². The minimum Gasteiger partial charge on any atom is -0.314 e. The molecule has 0 bridgehead atoms. The number of nitrogens with one attached hydrogen (secondary N) is 1. The van der Waals surface area contributed by atoms with E-state index < -0.39 is 0 Å². The summed E-state index contributed by atoms with van der Waals surface area (Å²) in [5.41, 5.74) is 2.22. The Labute approximate surface area is 95.5 Å². The molecule has 1 aliphatic rings. The normalized spacial score (nSPS) is 16.5. The zero-order valence-corrected chi connectivity index (χ0v) is 9.39. The van der Waals surface area contributed by atoms with Crippen molar-refractivity contribution in [2.24, 2.45) is 0 Å². The summed E-state index contributed by atoms with van der Waals surface area (Å²) in [6.45, 7) is 1.05. The van der Waals surface area contributed by atoms with Crippen LogP contribution in [0.15, 0.2) is 30.6 Å². The van der Waals surface area contributed by atoms with Crippen molar-refractivity contribution in [3.8, 4) is 0 Å². The van der Waals surface area contributed by atoms with Gasteiger partial charge in [-0.3, -0.25) is 0 Å². The average Bonchev–Trinajstić information content (AvgIpc) is 2.64. The SMILES string of the molecule is c1ccn2cc(CCNC3CCC3)nc2c1. The summed E-state index contributed by atoms with van der Waals surface area (Å²) in [5.74, 6) is 0. The van der Waals surface area contributed by atoms with Gasteiger partial charge in [0, 0.05) is 31.4 Å². The van der Waals surface area contributed by atoms with Crippen molar-refractivity contribution in [3.05, 3.63) is 36.3 Å². The van der Waals surface area contributed by atoms with E-state index in [0.717, 1.165) is 24.7 Å². The Kier molecular flexibility index (Phi) is 2.62. The zero-order valence-electron chi connectivity index (χ0n) is 9.39. The largest absolute Gasteiger partial charge is 0.314 e. The molecule has 0 unspecified atom stereocenters. The van der Waals surface area contributed by atoms with Gasteiger partial charge in [-0.05, 0) is 25.0 Å². The van der Waals surface area contributed by atoms with Gasteiger partial charge >= 0.3 is 0 Å². The Hall–Kier alpha value is -1.35. The van der Waals surface area contributed by atoms with Crippen LogP contribution in [0.1, 0.15) is 25.0 Å². The van der Waals surface area contributed by atoms with Crippen LogP contribution in [0.25, 0.3) is 5.65 Å². The van der Waals surface area contributed by atoms with E-state index >= 15 is 0 Å². The molecule has 0 aromatic carbocycles. The molecule has 84 valence electrons. The molecule has 0 aliphatic heterocycles. The topological polar surface area (TPSA) is 29.3 Å². The Morgan fingerprint density at radius 2 is 2.31 bits per heavy atom. The van der Waals surface area contributed by atoms with Crippen LogP contribution in [0.4, 0.5) is 0 Å². The second-order valence-corrected chi connectivity index (χ2v) is 4.53. The van der Waals surface area contributed by atoms with Gasteiger partial charge < -0.3 is 9.72 Å². The first-order valence-electron chi connectivity index (χ1n) is 6.08. The van der Waals surface area contributed by atoms with Crippen molar-refractivity contribution in [1.29, 1.82) is 0 Å². The average molecular weight is 215 g/mol. The fraction of sp³-hybridized carbons (Fsp3) is 0.462. The third-order valence-electron chi connectivity index (χ3n) is 3.33. The highest BCUT2D eigenvalue weighted by Gasteiger charge is 2.15. The highest BCUT2D eigenvalue weighted by atomic mass is 15.0. The first-order chi connectivity index (χ1) is 7.92. The molecule has 3 heteroatoms. The third kappa shape index (κ3) is 1.95. The van der Waals surface area contributed by atoms with Crippen LogP contribution >= 0.6 is 0 Å². The molecular formula is C13H17N3. The highest BCUT2D eigenvalue weighted by molar-refractivity contribution is 5.39. The number of rotatable bonds is 4. The van der Waals surface area contributed by atoms with E-state index in [9.17, 15) is 0 Å². The molecular weight excluding hydrogens is 198 g/mol. The summed E-state index contributed by atoms with van der Waals surface area (Å²) in [4.78, 5) is 4.58. The van der Waals surface area contributed by atoms with Gasteiger partial charge in [0.05, 0.1) is 5.69 Å². The number of imidazole rings is 1. The van der Waals surface area contributed by atoms with Crippen molar-refractivity contribution in [3.63, 3.8) is 0 Å². The monoisotopic (exact) mass is 215 g/mol. The van der Waals surface area contributed by atoms with E-state index in [1.54, 1.807) is 0 Å². The molecule has 2 aromatic rings. The minimum atomic E-state index is 0.775. The van der Waals surface area contributed by atoms with Crippen LogP contribution in [-0.4, -0.2) is 22.0 Å². The molecule has 1 aliphatic carbocycles. The lowest BCUT2D eigenvalue weighted by molar-refractivity contribution is 0.341.